The van der Waals surface area contributed by atoms with Crippen molar-refractivity contribution < 1.29 is 23.1 Å². The topological polar surface area (TPSA) is 49.3 Å². The SMILES string of the molecule is CCC(CCO)CNC(=O)c1cc(F)c(F)c(F)c1. The molecule has 0 saturated carbocycles. The van der Waals surface area contributed by atoms with Crippen LogP contribution in [0.2, 0.25) is 0 Å². The maximum Gasteiger partial charge on any atom is 0.251 e. The molecular weight excluding hydrogens is 259 g/mol. The fourth-order valence-corrected chi connectivity index (χ4v) is 1.66. The third-order valence-corrected chi connectivity index (χ3v) is 2.91. The Balaban J connectivity index is 2.68. The summed E-state index contributed by atoms with van der Waals surface area (Å²) in [6, 6.07) is 1.31. The van der Waals surface area contributed by atoms with Crippen LogP contribution in [0.4, 0.5) is 13.2 Å². The Morgan fingerprint density at radius 3 is 2.37 bits per heavy atom. The van der Waals surface area contributed by atoms with Crippen LogP contribution in [0, 0.1) is 23.4 Å². The standard InChI is InChI=1S/C13H16F3NO2/c1-2-8(3-4-18)7-17-13(19)9-5-10(14)12(16)11(15)6-9/h5-6,8,18H,2-4,7H2,1H3,(H,17,19). The van der Waals surface area contributed by atoms with E-state index in [0.717, 1.165) is 6.42 Å². The highest BCUT2D eigenvalue weighted by molar-refractivity contribution is 5.94. The van der Waals surface area contributed by atoms with Gasteiger partial charge in [-0.2, -0.15) is 0 Å². The Morgan fingerprint density at radius 1 is 1.32 bits per heavy atom. The van der Waals surface area contributed by atoms with Crippen LogP contribution in [0.15, 0.2) is 12.1 Å². The molecule has 1 aromatic rings. The van der Waals surface area contributed by atoms with Gasteiger partial charge in [0, 0.05) is 18.7 Å². The quantitative estimate of drug-likeness (QED) is 0.782. The lowest BCUT2D eigenvalue weighted by Crippen LogP contribution is -2.29. The molecule has 1 rings (SSSR count). The first-order chi connectivity index (χ1) is 8.99. The van der Waals surface area contributed by atoms with Gasteiger partial charge in [-0.25, -0.2) is 13.2 Å². The van der Waals surface area contributed by atoms with Crippen LogP contribution in [-0.2, 0) is 0 Å². The van der Waals surface area contributed by atoms with Gasteiger partial charge >= 0.3 is 0 Å². The van der Waals surface area contributed by atoms with Crippen LogP contribution in [0.1, 0.15) is 30.1 Å². The smallest absolute Gasteiger partial charge is 0.251 e. The minimum absolute atomic E-state index is 0.00812. The third kappa shape index (κ3) is 4.24. The van der Waals surface area contributed by atoms with Gasteiger partial charge in [-0.3, -0.25) is 4.79 Å². The second-order valence-corrected chi connectivity index (χ2v) is 4.25. The van der Waals surface area contributed by atoms with E-state index in [1.165, 1.54) is 0 Å². The van der Waals surface area contributed by atoms with E-state index in [1.54, 1.807) is 0 Å². The number of hydrogen-bond acceptors (Lipinski definition) is 2. The van der Waals surface area contributed by atoms with Crippen molar-refractivity contribution in [3.8, 4) is 0 Å². The predicted molar refractivity (Wildman–Crippen MR) is 64.1 cm³/mol. The molecule has 1 atom stereocenters. The first-order valence-electron chi connectivity index (χ1n) is 6.03. The molecule has 0 aliphatic heterocycles. The van der Waals surface area contributed by atoms with Crippen LogP contribution in [-0.4, -0.2) is 24.2 Å². The average Bonchev–Trinajstić information content (AvgIpc) is 2.39. The van der Waals surface area contributed by atoms with E-state index in [0.29, 0.717) is 18.6 Å². The number of aliphatic hydroxyl groups is 1. The molecule has 1 unspecified atom stereocenters. The van der Waals surface area contributed by atoms with E-state index < -0.39 is 23.4 Å². The monoisotopic (exact) mass is 275 g/mol. The minimum atomic E-state index is -1.59. The van der Waals surface area contributed by atoms with Crippen molar-refractivity contribution in [1.29, 1.82) is 0 Å². The van der Waals surface area contributed by atoms with E-state index in [-0.39, 0.29) is 24.6 Å². The number of rotatable bonds is 6. The molecular formula is C13H16F3NO2. The molecule has 0 saturated heterocycles. The van der Waals surface area contributed by atoms with Crippen molar-refractivity contribution in [3.05, 3.63) is 35.1 Å². The van der Waals surface area contributed by atoms with E-state index in [2.05, 4.69) is 5.32 Å². The van der Waals surface area contributed by atoms with Crippen molar-refractivity contribution in [2.75, 3.05) is 13.2 Å². The Hall–Kier alpha value is -1.56. The summed E-state index contributed by atoms with van der Waals surface area (Å²) >= 11 is 0. The largest absolute Gasteiger partial charge is 0.396 e. The highest BCUT2D eigenvalue weighted by Gasteiger charge is 2.15. The van der Waals surface area contributed by atoms with Crippen molar-refractivity contribution in [2.45, 2.75) is 19.8 Å². The van der Waals surface area contributed by atoms with E-state index in [1.807, 2.05) is 6.92 Å². The lowest BCUT2D eigenvalue weighted by molar-refractivity contribution is 0.0942. The molecule has 0 heterocycles. The van der Waals surface area contributed by atoms with Crippen molar-refractivity contribution in [1.82, 2.24) is 5.32 Å². The van der Waals surface area contributed by atoms with Gasteiger partial charge in [0.25, 0.3) is 5.91 Å². The molecule has 0 aromatic heterocycles. The van der Waals surface area contributed by atoms with Crippen LogP contribution >= 0.6 is 0 Å². The lowest BCUT2D eigenvalue weighted by atomic mass is 10.0. The second kappa shape index (κ2) is 7.13. The van der Waals surface area contributed by atoms with Crippen LogP contribution < -0.4 is 5.32 Å². The number of aliphatic hydroxyl groups excluding tert-OH is 1. The van der Waals surface area contributed by atoms with Gasteiger partial charge in [-0.05, 0) is 24.5 Å². The maximum absolute atomic E-state index is 13.0. The summed E-state index contributed by atoms with van der Waals surface area (Å²) in [4.78, 5) is 11.7. The number of hydrogen-bond donors (Lipinski definition) is 2. The minimum Gasteiger partial charge on any atom is -0.396 e. The summed E-state index contributed by atoms with van der Waals surface area (Å²) in [6.45, 7) is 2.20. The van der Waals surface area contributed by atoms with Gasteiger partial charge in [0.2, 0.25) is 0 Å². The van der Waals surface area contributed by atoms with Gasteiger partial charge < -0.3 is 10.4 Å². The number of nitrogens with one attached hydrogen (secondary N) is 1. The number of carbonyl (C=O) groups excluding carboxylic acids is 1. The number of benzene rings is 1. The van der Waals surface area contributed by atoms with Gasteiger partial charge in [-0.1, -0.05) is 13.3 Å². The second-order valence-electron chi connectivity index (χ2n) is 4.25. The van der Waals surface area contributed by atoms with Crippen LogP contribution in [0.25, 0.3) is 0 Å². The summed E-state index contributed by atoms with van der Waals surface area (Å²) in [6.07, 6.45) is 1.29. The summed E-state index contributed by atoms with van der Waals surface area (Å²) < 4.78 is 38.6. The highest BCUT2D eigenvalue weighted by Crippen LogP contribution is 2.14. The number of carbonyl (C=O) groups is 1. The van der Waals surface area contributed by atoms with Crippen LogP contribution in [0.3, 0.4) is 0 Å². The van der Waals surface area contributed by atoms with Gasteiger partial charge in [0.1, 0.15) is 0 Å². The fraction of sp³-hybridized carbons (Fsp3) is 0.462. The molecule has 1 aromatic carbocycles. The van der Waals surface area contributed by atoms with Gasteiger partial charge in [0.05, 0.1) is 0 Å². The summed E-state index contributed by atoms with van der Waals surface area (Å²) in [5.74, 6) is -4.97. The number of halogens is 3. The zero-order valence-electron chi connectivity index (χ0n) is 10.5. The Morgan fingerprint density at radius 2 is 1.89 bits per heavy atom. The Kier molecular flexibility index (Phi) is 5.82. The molecule has 0 fully saturated rings. The lowest BCUT2D eigenvalue weighted by Gasteiger charge is -2.14. The van der Waals surface area contributed by atoms with Crippen LogP contribution in [0.5, 0.6) is 0 Å². The van der Waals surface area contributed by atoms with E-state index in [4.69, 9.17) is 5.11 Å². The number of amides is 1. The van der Waals surface area contributed by atoms with E-state index in [9.17, 15) is 18.0 Å². The summed E-state index contributed by atoms with van der Waals surface area (Å²) in [5.41, 5.74) is -0.268. The molecule has 6 heteroatoms. The van der Waals surface area contributed by atoms with Crippen molar-refractivity contribution in [3.63, 3.8) is 0 Å². The zero-order chi connectivity index (χ0) is 14.4. The maximum atomic E-state index is 13.0. The molecule has 19 heavy (non-hydrogen) atoms. The molecule has 0 bridgehead atoms. The molecule has 3 nitrogen and oxygen atoms in total. The normalized spacial score (nSPS) is 12.3. The molecule has 0 radical (unpaired) electrons. The van der Waals surface area contributed by atoms with Gasteiger partial charge in [-0.15, -0.1) is 0 Å². The Bertz CT molecular complexity index is 429. The molecule has 106 valence electrons. The first kappa shape index (κ1) is 15.5. The van der Waals surface area contributed by atoms with Gasteiger partial charge in [0.15, 0.2) is 17.5 Å². The molecule has 1 amide bonds. The summed E-state index contributed by atoms with van der Waals surface area (Å²) in [7, 11) is 0. The molecule has 0 spiro atoms. The highest BCUT2D eigenvalue weighted by atomic mass is 19.2. The first-order valence-corrected chi connectivity index (χ1v) is 6.03. The average molecular weight is 275 g/mol. The predicted octanol–water partition coefficient (Wildman–Crippen LogP) is 2.24. The van der Waals surface area contributed by atoms with E-state index >= 15 is 0 Å². The molecule has 0 aliphatic carbocycles. The molecule has 2 N–H and O–H groups in total. The molecule has 0 aliphatic rings. The zero-order valence-corrected chi connectivity index (χ0v) is 10.5. The summed E-state index contributed by atoms with van der Waals surface area (Å²) in [5, 5.41) is 11.3. The van der Waals surface area contributed by atoms with Crippen molar-refractivity contribution >= 4 is 5.91 Å². The third-order valence-electron chi connectivity index (χ3n) is 2.91. The fourth-order valence-electron chi connectivity index (χ4n) is 1.66. The van der Waals surface area contributed by atoms with Crippen molar-refractivity contribution in [2.24, 2.45) is 5.92 Å². The Labute approximate surface area is 109 Å².